The number of fused-ring (bicyclic) bond motifs is 1. The first-order valence-corrected chi connectivity index (χ1v) is 9.02. The lowest BCUT2D eigenvalue weighted by atomic mass is 9.98. The lowest BCUT2D eigenvalue weighted by molar-refractivity contribution is 0.0779. The molecule has 1 aliphatic carbocycles. The molecule has 3 unspecified atom stereocenters. The van der Waals surface area contributed by atoms with E-state index in [-0.39, 0.29) is 11.9 Å². The van der Waals surface area contributed by atoms with Crippen LogP contribution >= 0.6 is 0 Å². The zero-order chi connectivity index (χ0) is 17.2. The van der Waals surface area contributed by atoms with Crippen molar-refractivity contribution in [1.29, 1.82) is 0 Å². The van der Waals surface area contributed by atoms with Crippen molar-refractivity contribution in [2.75, 3.05) is 13.1 Å². The molecule has 2 aliphatic rings. The molecule has 0 spiro atoms. The van der Waals surface area contributed by atoms with Gasteiger partial charge in [0.25, 0.3) is 5.91 Å². The van der Waals surface area contributed by atoms with Gasteiger partial charge in [-0.05, 0) is 48.4 Å². The van der Waals surface area contributed by atoms with Gasteiger partial charge in [-0.25, -0.2) is 0 Å². The second-order valence-electron chi connectivity index (χ2n) is 7.18. The van der Waals surface area contributed by atoms with Gasteiger partial charge >= 0.3 is 0 Å². The molecule has 1 saturated carbocycles. The minimum Gasteiger partial charge on any atom is -0.489 e. The summed E-state index contributed by atoms with van der Waals surface area (Å²) >= 11 is 0. The first-order valence-electron chi connectivity index (χ1n) is 9.02. The highest BCUT2D eigenvalue weighted by atomic mass is 16.5. The minimum absolute atomic E-state index is 0.0896. The van der Waals surface area contributed by atoms with Crippen molar-refractivity contribution in [2.24, 2.45) is 17.6 Å². The van der Waals surface area contributed by atoms with Crippen LogP contribution < -0.4 is 10.5 Å². The van der Waals surface area contributed by atoms with Crippen LogP contribution in [0.1, 0.15) is 28.8 Å². The van der Waals surface area contributed by atoms with Crippen LogP contribution in [-0.4, -0.2) is 29.9 Å². The number of nitrogens with two attached hydrogens (primary N) is 1. The van der Waals surface area contributed by atoms with Crippen molar-refractivity contribution >= 4 is 5.91 Å². The summed E-state index contributed by atoms with van der Waals surface area (Å²) in [7, 11) is 0. The van der Waals surface area contributed by atoms with Crippen LogP contribution in [0, 0.1) is 11.8 Å². The molecule has 0 bridgehead atoms. The van der Waals surface area contributed by atoms with E-state index in [1.807, 2.05) is 59.5 Å². The number of benzene rings is 2. The summed E-state index contributed by atoms with van der Waals surface area (Å²) in [5.74, 6) is 1.87. The molecule has 1 aliphatic heterocycles. The number of amides is 1. The fourth-order valence-electron chi connectivity index (χ4n) is 4.12. The third kappa shape index (κ3) is 3.40. The lowest BCUT2D eigenvalue weighted by Crippen LogP contribution is -2.33. The monoisotopic (exact) mass is 336 g/mol. The number of hydrogen-bond acceptors (Lipinski definition) is 3. The number of ether oxygens (including phenoxy) is 1. The molecule has 1 heterocycles. The van der Waals surface area contributed by atoms with E-state index >= 15 is 0 Å². The summed E-state index contributed by atoms with van der Waals surface area (Å²) in [6.07, 6.45) is 2.25. The molecule has 2 aromatic carbocycles. The molecule has 130 valence electrons. The molecular formula is C21H24N2O2. The van der Waals surface area contributed by atoms with Crippen LogP contribution in [0.4, 0.5) is 0 Å². The summed E-state index contributed by atoms with van der Waals surface area (Å²) in [4.78, 5) is 14.8. The highest BCUT2D eigenvalue weighted by molar-refractivity contribution is 5.94. The lowest BCUT2D eigenvalue weighted by Gasteiger charge is -2.19. The third-order valence-electron chi connectivity index (χ3n) is 5.53. The highest BCUT2D eigenvalue weighted by Crippen LogP contribution is 2.37. The standard InChI is InChI=1S/C21H24N2O2/c22-20-10-9-17-12-23(13-19(17)20)21(24)16-7-4-8-18(11-16)25-14-15-5-2-1-3-6-15/h1-8,11,17,19-20H,9-10,12-14,22H2. The summed E-state index contributed by atoms with van der Waals surface area (Å²) in [6, 6.07) is 17.8. The van der Waals surface area contributed by atoms with Crippen LogP contribution in [-0.2, 0) is 6.61 Å². The first-order chi connectivity index (χ1) is 12.2. The Labute approximate surface area is 148 Å². The molecule has 25 heavy (non-hydrogen) atoms. The van der Waals surface area contributed by atoms with Gasteiger partial charge in [-0.1, -0.05) is 36.4 Å². The van der Waals surface area contributed by atoms with Gasteiger partial charge in [0.1, 0.15) is 12.4 Å². The van der Waals surface area contributed by atoms with Gasteiger partial charge in [-0.15, -0.1) is 0 Å². The number of rotatable bonds is 4. The normalized spacial score (nSPS) is 25.0. The van der Waals surface area contributed by atoms with Gasteiger partial charge in [-0.3, -0.25) is 4.79 Å². The molecule has 4 heteroatoms. The van der Waals surface area contributed by atoms with Crippen LogP contribution in [0.5, 0.6) is 5.75 Å². The molecule has 4 rings (SSSR count). The van der Waals surface area contributed by atoms with Crippen LogP contribution in [0.3, 0.4) is 0 Å². The zero-order valence-corrected chi connectivity index (χ0v) is 14.3. The number of carbonyl (C=O) groups excluding carboxylic acids is 1. The van der Waals surface area contributed by atoms with Crippen LogP contribution in [0.15, 0.2) is 54.6 Å². The fourth-order valence-corrected chi connectivity index (χ4v) is 4.12. The smallest absolute Gasteiger partial charge is 0.254 e. The average molecular weight is 336 g/mol. The molecule has 4 nitrogen and oxygen atoms in total. The second-order valence-corrected chi connectivity index (χ2v) is 7.18. The molecule has 0 radical (unpaired) electrons. The molecule has 0 aromatic heterocycles. The quantitative estimate of drug-likeness (QED) is 0.933. The fraction of sp³-hybridized carbons (Fsp3) is 0.381. The molecule has 2 N–H and O–H groups in total. The van der Waals surface area contributed by atoms with Gasteiger partial charge in [0.2, 0.25) is 0 Å². The predicted molar refractivity (Wildman–Crippen MR) is 97.3 cm³/mol. The topological polar surface area (TPSA) is 55.6 Å². The van der Waals surface area contributed by atoms with Crippen molar-refractivity contribution in [2.45, 2.75) is 25.5 Å². The predicted octanol–water partition coefficient (Wildman–Crippen LogP) is 3.07. The van der Waals surface area contributed by atoms with E-state index in [1.165, 1.54) is 0 Å². The average Bonchev–Trinajstić information content (AvgIpc) is 3.23. The number of hydrogen-bond donors (Lipinski definition) is 1. The Bertz CT molecular complexity index is 747. The summed E-state index contributed by atoms with van der Waals surface area (Å²) < 4.78 is 5.85. The Morgan fingerprint density at radius 1 is 1.08 bits per heavy atom. The van der Waals surface area contributed by atoms with Crippen molar-refractivity contribution < 1.29 is 9.53 Å². The Morgan fingerprint density at radius 2 is 1.92 bits per heavy atom. The third-order valence-corrected chi connectivity index (χ3v) is 5.53. The van der Waals surface area contributed by atoms with E-state index in [9.17, 15) is 4.79 Å². The van der Waals surface area contributed by atoms with E-state index < -0.39 is 0 Å². The maximum atomic E-state index is 12.8. The van der Waals surface area contributed by atoms with Gasteiger partial charge in [0.05, 0.1) is 0 Å². The first kappa shape index (κ1) is 16.2. The number of likely N-dealkylation sites (tertiary alicyclic amines) is 1. The van der Waals surface area contributed by atoms with Gasteiger partial charge in [0.15, 0.2) is 0 Å². The van der Waals surface area contributed by atoms with E-state index in [0.29, 0.717) is 24.0 Å². The van der Waals surface area contributed by atoms with Gasteiger partial charge in [0, 0.05) is 24.7 Å². The largest absolute Gasteiger partial charge is 0.489 e. The Hall–Kier alpha value is -2.33. The van der Waals surface area contributed by atoms with Crippen molar-refractivity contribution in [3.63, 3.8) is 0 Å². The summed E-state index contributed by atoms with van der Waals surface area (Å²) in [5.41, 5.74) is 7.99. The maximum absolute atomic E-state index is 12.8. The molecule has 3 atom stereocenters. The maximum Gasteiger partial charge on any atom is 0.254 e. The Morgan fingerprint density at radius 3 is 2.72 bits per heavy atom. The van der Waals surface area contributed by atoms with E-state index in [1.54, 1.807) is 0 Å². The number of carbonyl (C=O) groups is 1. The second kappa shape index (κ2) is 6.89. The van der Waals surface area contributed by atoms with Crippen molar-refractivity contribution in [3.05, 3.63) is 65.7 Å². The van der Waals surface area contributed by atoms with Gasteiger partial charge in [-0.2, -0.15) is 0 Å². The Kier molecular flexibility index (Phi) is 4.45. The van der Waals surface area contributed by atoms with Crippen molar-refractivity contribution in [3.8, 4) is 5.75 Å². The zero-order valence-electron chi connectivity index (χ0n) is 14.3. The molecule has 2 aromatic rings. The Balaban J connectivity index is 1.42. The SMILES string of the molecule is NC1CCC2CN(C(=O)c3cccc(OCc4ccccc4)c3)CC12. The molecular weight excluding hydrogens is 312 g/mol. The van der Waals surface area contributed by atoms with Crippen LogP contribution in [0.2, 0.25) is 0 Å². The van der Waals surface area contributed by atoms with Crippen LogP contribution in [0.25, 0.3) is 0 Å². The van der Waals surface area contributed by atoms with Crippen molar-refractivity contribution in [1.82, 2.24) is 4.90 Å². The molecule has 2 fully saturated rings. The molecule has 1 amide bonds. The van der Waals surface area contributed by atoms with E-state index in [2.05, 4.69) is 0 Å². The molecule has 1 saturated heterocycles. The minimum atomic E-state index is 0.0896. The summed E-state index contributed by atoms with van der Waals surface area (Å²) in [6.45, 7) is 2.13. The van der Waals surface area contributed by atoms with E-state index in [0.717, 1.165) is 37.2 Å². The summed E-state index contributed by atoms with van der Waals surface area (Å²) in [5, 5.41) is 0. The van der Waals surface area contributed by atoms with Gasteiger partial charge < -0.3 is 15.4 Å². The highest BCUT2D eigenvalue weighted by Gasteiger charge is 2.42. The number of nitrogens with zero attached hydrogens (tertiary/aromatic N) is 1. The van der Waals surface area contributed by atoms with E-state index in [4.69, 9.17) is 10.5 Å².